The Labute approximate surface area is 73.9 Å². The van der Waals surface area contributed by atoms with Crippen LogP contribution < -0.4 is 0 Å². The van der Waals surface area contributed by atoms with Gasteiger partial charge in [0.1, 0.15) is 0 Å². The highest BCUT2D eigenvalue weighted by Crippen LogP contribution is 2.18. The zero-order chi connectivity index (χ0) is 8.81. The summed E-state index contributed by atoms with van der Waals surface area (Å²) in [7, 11) is 2.15. The Bertz CT molecular complexity index is 194. The fraction of sp³-hybridized carbons (Fsp3) is 0.700. The maximum absolute atomic E-state index is 9.92. The van der Waals surface area contributed by atoms with Crippen molar-refractivity contribution in [3.05, 3.63) is 0 Å². The van der Waals surface area contributed by atoms with Crippen LogP contribution in [0.25, 0.3) is 0 Å². The number of carbonyl (C=O) groups excluding carboxylic acids is 1. The van der Waals surface area contributed by atoms with Crippen LogP contribution in [0.3, 0.4) is 0 Å². The first-order chi connectivity index (χ1) is 5.83. The lowest BCUT2D eigenvalue weighted by Gasteiger charge is -2.27. The lowest BCUT2D eigenvalue weighted by Crippen LogP contribution is -2.29. The average Bonchev–Trinajstić information content (AvgIpc) is 2.09. The van der Waals surface area contributed by atoms with Crippen LogP contribution in [0.2, 0.25) is 0 Å². The highest BCUT2D eigenvalue weighted by molar-refractivity contribution is 5.72. The maximum atomic E-state index is 9.92. The topological polar surface area (TPSA) is 20.3 Å². The number of carbonyl (C=O) groups is 1. The first-order valence-electron chi connectivity index (χ1n) is 4.43. The molecule has 1 rings (SSSR count). The molecule has 0 aromatic heterocycles. The van der Waals surface area contributed by atoms with E-state index in [1.807, 2.05) is 0 Å². The summed E-state index contributed by atoms with van der Waals surface area (Å²) in [4.78, 5) is 12.3. The van der Waals surface area contributed by atoms with Gasteiger partial charge < -0.3 is 4.90 Å². The second-order valence-corrected chi connectivity index (χ2v) is 3.39. The Morgan fingerprint density at radius 1 is 1.50 bits per heavy atom. The van der Waals surface area contributed by atoms with E-state index in [9.17, 15) is 4.79 Å². The van der Waals surface area contributed by atoms with Gasteiger partial charge in [-0.15, -0.1) is 0 Å². The second-order valence-electron chi connectivity index (χ2n) is 3.39. The molecule has 1 aliphatic rings. The Morgan fingerprint density at radius 2 is 2.17 bits per heavy atom. The molecule has 0 amide bonds. The molecule has 0 aromatic carbocycles. The third-order valence-corrected chi connectivity index (χ3v) is 2.39. The molecule has 0 saturated carbocycles. The number of piperidine rings is 1. The van der Waals surface area contributed by atoms with E-state index in [0.29, 0.717) is 12.2 Å². The normalized spacial score (nSPS) is 19.8. The number of nitrogens with zero attached hydrogens (tertiary/aromatic N) is 1. The molecule has 0 spiro atoms. The molecular formula is C10H15NO. The number of rotatable bonds is 1. The van der Waals surface area contributed by atoms with Crippen molar-refractivity contribution < 1.29 is 4.79 Å². The summed E-state index contributed by atoms with van der Waals surface area (Å²) in [5, 5.41) is 0. The van der Waals surface area contributed by atoms with Gasteiger partial charge in [0.05, 0.1) is 0 Å². The van der Waals surface area contributed by atoms with Crippen LogP contribution in [0, 0.1) is 17.8 Å². The van der Waals surface area contributed by atoms with E-state index in [1.54, 1.807) is 0 Å². The van der Waals surface area contributed by atoms with Gasteiger partial charge in [-0.1, -0.05) is 5.92 Å². The van der Waals surface area contributed by atoms with Crippen molar-refractivity contribution in [3.63, 3.8) is 0 Å². The minimum Gasteiger partial charge on any atom is -0.306 e. The van der Waals surface area contributed by atoms with Gasteiger partial charge in [0, 0.05) is 6.42 Å². The molecule has 0 N–H and O–H groups in total. The van der Waals surface area contributed by atoms with E-state index in [1.165, 1.54) is 25.9 Å². The van der Waals surface area contributed by atoms with Crippen molar-refractivity contribution in [2.24, 2.45) is 5.92 Å². The van der Waals surface area contributed by atoms with Crippen LogP contribution in [0.4, 0.5) is 0 Å². The fourth-order valence-electron chi connectivity index (χ4n) is 1.51. The molecule has 0 atom stereocenters. The van der Waals surface area contributed by atoms with Gasteiger partial charge in [-0.05, 0) is 44.8 Å². The first-order valence-corrected chi connectivity index (χ1v) is 4.43. The van der Waals surface area contributed by atoms with Gasteiger partial charge in [-0.3, -0.25) is 4.79 Å². The van der Waals surface area contributed by atoms with Gasteiger partial charge in [-0.25, -0.2) is 0 Å². The van der Waals surface area contributed by atoms with E-state index < -0.39 is 0 Å². The Kier molecular flexibility index (Phi) is 3.83. The Balaban J connectivity index is 2.21. The molecule has 0 aliphatic carbocycles. The van der Waals surface area contributed by atoms with Crippen molar-refractivity contribution in [1.29, 1.82) is 0 Å². The van der Waals surface area contributed by atoms with Crippen LogP contribution in [-0.2, 0) is 4.79 Å². The molecule has 0 bridgehead atoms. The number of aldehydes is 1. The quantitative estimate of drug-likeness (QED) is 0.425. The van der Waals surface area contributed by atoms with Gasteiger partial charge in [-0.2, -0.15) is 0 Å². The van der Waals surface area contributed by atoms with Crippen LogP contribution in [0.15, 0.2) is 0 Å². The Hall–Kier alpha value is -0.810. The molecule has 0 radical (unpaired) electrons. The minimum absolute atomic E-state index is 0.676. The second kappa shape index (κ2) is 4.95. The third kappa shape index (κ3) is 3.06. The summed E-state index contributed by atoms with van der Waals surface area (Å²) < 4.78 is 0. The smallest absolute Gasteiger partial charge is 0.192 e. The molecule has 2 nitrogen and oxygen atoms in total. The average molecular weight is 165 g/mol. The molecule has 1 fully saturated rings. The number of hydrogen-bond acceptors (Lipinski definition) is 2. The van der Waals surface area contributed by atoms with E-state index in [2.05, 4.69) is 23.8 Å². The summed E-state index contributed by atoms with van der Waals surface area (Å²) in [5.74, 6) is 6.06. The SMILES string of the molecule is CN1CCC(CC#CC=O)CC1. The van der Waals surface area contributed by atoms with Crippen LogP contribution in [0.5, 0.6) is 0 Å². The summed E-state index contributed by atoms with van der Waals surface area (Å²) in [6, 6.07) is 0. The highest BCUT2D eigenvalue weighted by atomic mass is 16.1. The third-order valence-electron chi connectivity index (χ3n) is 2.39. The van der Waals surface area contributed by atoms with Gasteiger partial charge in [0.25, 0.3) is 0 Å². The standard InChI is InChI=1S/C10H15NO/c1-11-7-5-10(6-8-11)4-2-3-9-12/h9-10H,4-8H2,1H3. The lowest BCUT2D eigenvalue weighted by molar-refractivity contribution is -0.103. The van der Waals surface area contributed by atoms with Gasteiger partial charge in [0.15, 0.2) is 6.29 Å². The zero-order valence-corrected chi connectivity index (χ0v) is 7.55. The maximum Gasteiger partial charge on any atom is 0.192 e. The van der Waals surface area contributed by atoms with Crippen LogP contribution in [0.1, 0.15) is 19.3 Å². The number of hydrogen-bond donors (Lipinski definition) is 0. The molecular weight excluding hydrogens is 150 g/mol. The first kappa shape index (κ1) is 9.28. The molecule has 0 aromatic rings. The minimum atomic E-state index is 0.676. The molecule has 66 valence electrons. The van der Waals surface area contributed by atoms with Crippen molar-refractivity contribution >= 4 is 6.29 Å². The van der Waals surface area contributed by atoms with Gasteiger partial charge in [0.2, 0.25) is 0 Å². The van der Waals surface area contributed by atoms with Crippen molar-refractivity contribution in [3.8, 4) is 11.8 Å². The van der Waals surface area contributed by atoms with Crippen LogP contribution in [-0.4, -0.2) is 31.3 Å². The fourth-order valence-corrected chi connectivity index (χ4v) is 1.51. The summed E-state index contributed by atoms with van der Waals surface area (Å²) >= 11 is 0. The predicted octanol–water partition coefficient (Wildman–Crippen LogP) is 0.921. The molecule has 12 heavy (non-hydrogen) atoms. The van der Waals surface area contributed by atoms with Crippen LogP contribution >= 0.6 is 0 Å². The van der Waals surface area contributed by atoms with Crippen molar-refractivity contribution in [2.45, 2.75) is 19.3 Å². The zero-order valence-electron chi connectivity index (χ0n) is 7.55. The Morgan fingerprint density at radius 3 is 2.75 bits per heavy atom. The molecule has 1 saturated heterocycles. The van der Waals surface area contributed by atoms with E-state index >= 15 is 0 Å². The molecule has 1 heterocycles. The lowest BCUT2D eigenvalue weighted by atomic mass is 9.94. The van der Waals surface area contributed by atoms with Gasteiger partial charge >= 0.3 is 0 Å². The summed E-state index contributed by atoms with van der Waals surface area (Å²) in [5.41, 5.74) is 0. The largest absolute Gasteiger partial charge is 0.306 e. The molecule has 1 aliphatic heterocycles. The highest BCUT2D eigenvalue weighted by Gasteiger charge is 2.14. The molecule has 0 unspecified atom stereocenters. The van der Waals surface area contributed by atoms with E-state index in [-0.39, 0.29) is 0 Å². The van der Waals surface area contributed by atoms with Crippen molar-refractivity contribution in [1.82, 2.24) is 4.90 Å². The predicted molar refractivity (Wildman–Crippen MR) is 48.7 cm³/mol. The van der Waals surface area contributed by atoms with E-state index in [0.717, 1.165) is 6.42 Å². The summed E-state index contributed by atoms with van der Waals surface area (Å²) in [6.07, 6.45) is 4.02. The van der Waals surface area contributed by atoms with Crippen molar-refractivity contribution in [2.75, 3.05) is 20.1 Å². The monoisotopic (exact) mass is 165 g/mol. The number of likely N-dealkylation sites (tertiary alicyclic amines) is 1. The molecule has 2 heteroatoms. The van der Waals surface area contributed by atoms with E-state index in [4.69, 9.17) is 0 Å². The summed E-state index contributed by atoms with van der Waals surface area (Å²) in [6.45, 7) is 2.35.